The van der Waals surface area contributed by atoms with Crippen LogP contribution in [0.2, 0.25) is 0 Å². The number of hydrogen-bond donors (Lipinski definition) is 0. The number of nitrogens with zero attached hydrogens (tertiary/aromatic N) is 6. The summed E-state index contributed by atoms with van der Waals surface area (Å²) in [5, 5.41) is 4.57. The summed E-state index contributed by atoms with van der Waals surface area (Å²) in [6.07, 6.45) is 9.36. The largest absolute Gasteiger partial charge is 0.357 e. The van der Waals surface area contributed by atoms with E-state index < -0.39 is 21.9 Å². The van der Waals surface area contributed by atoms with Gasteiger partial charge in [0.1, 0.15) is 22.2 Å². The number of benzene rings is 1. The number of hydrogen-bond acceptors (Lipinski definition) is 7. The van der Waals surface area contributed by atoms with E-state index in [0.29, 0.717) is 23.4 Å². The number of sulfonamides is 1. The molecule has 4 aromatic rings. The molecule has 3 aromatic heterocycles. The van der Waals surface area contributed by atoms with Gasteiger partial charge in [-0.3, -0.25) is 9.78 Å². The molecule has 0 spiro atoms. The van der Waals surface area contributed by atoms with Gasteiger partial charge in [0.2, 0.25) is 10.0 Å². The van der Waals surface area contributed by atoms with Crippen LogP contribution in [-0.4, -0.2) is 64.4 Å². The molecule has 1 unspecified atom stereocenters. The molecule has 42 heavy (non-hydrogen) atoms. The lowest BCUT2D eigenvalue weighted by Crippen LogP contribution is -2.45. The predicted octanol–water partition coefficient (Wildman–Crippen LogP) is 4.48. The molecule has 2 atom stereocenters. The van der Waals surface area contributed by atoms with Crippen molar-refractivity contribution in [2.45, 2.75) is 30.1 Å². The van der Waals surface area contributed by atoms with Crippen molar-refractivity contribution in [3.63, 3.8) is 0 Å². The normalized spacial score (nSPS) is 20.6. The number of aromatic nitrogens is 4. The third-order valence-electron chi connectivity index (χ3n) is 8.48. The van der Waals surface area contributed by atoms with E-state index in [-0.39, 0.29) is 29.6 Å². The lowest BCUT2D eigenvalue weighted by molar-refractivity contribution is 0.0918. The molecule has 0 amide bonds. The highest BCUT2D eigenvalue weighted by molar-refractivity contribution is 7.89. The van der Waals surface area contributed by atoms with Gasteiger partial charge in [0.25, 0.3) is 0 Å². The van der Waals surface area contributed by atoms with E-state index in [1.54, 1.807) is 59.5 Å². The first kappa shape index (κ1) is 26.7. The summed E-state index contributed by atoms with van der Waals surface area (Å²) in [5.74, 6) is -0.830. The van der Waals surface area contributed by atoms with Crippen LogP contribution in [0.25, 0.3) is 11.8 Å². The molecule has 2 saturated heterocycles. The number of piperidine rings is 1. The minimum absolute atomic E-state index is 0.145. The molecule has 1 aromatic carbocycles. The molecule has 2 aliphatic heterocycles. The topological polar surface area (TPSA) is 101 Å². The van der Waals surface area contributed by atoms with Crippen molar-refractivity contribution < 1.29 is 17.6 Å². The molecule has 0 radical (unpaired) electrons. The van der Waals surface area contributed by atoms with Crippen LogP contribution in [0.15, 0.2) is 83.7 Å². The number of Topliss-reactive ketones (excluding diaryl/α,β-unsaturated/α-hetero) is 1. The summed E-state index contributed by atoms with van der Waals surface area (Å²) >= 11 is 0. The van der Waals surface area contributed by atoms with Gasteiger partial charge >= 0.3 is 0 Å². The van der Waals surface area contributed by atoms with Gasteiger partial charge in [-0.05, 0) is 73.9 Å². The van der Waals surface area contributed by atoms with E-state index in [1.165, 1.54) is 22.6 Å². The Labute approximate surface area is 243 Å². The van der Waals surface area contributed by atoms with E-state index >= 15 is 0 Å². The highest BCUT2D eigenvalue weighted by atomic mass is 32.2. The molecule has 1 aliphatic carbocycles. The smallest absolute Gasteiger partial charge is 0.244 e. The Morgan fingerprint density at radius 1 is 0.929 bits per heavy atom. The molecule has 11 heteroatoms. The quantitative estimate of drug-likeness (QED) is 0.308. The molecular formula is C31H29FN6O3S. The Kier molecular flexibility index (Phi) is 6.70. The predicted molar refractivity (Wildman–Crippen MR) is 155 cm³/mol. The first-order valence-electron chi connectivity index (χ1n) is 14.1. The Morgan fingerprint density at radius 2 is 1.74 bits per heavy atom. The Balaban J connectivity index is 1.24. The molecule has 0 N–H and O–H groups in total. The zero-order chi connectivity index (χ0) is 28.8. The molecule has 7 rings (SSSR count). The maximum atomic E-state index is 14.0. The number of anilines is 1. The van der Waals surface area contributed by atoms with Gasteiger partial charge in [-0.2, -0.15) is 9.40 Å². The molecule has 0 bridgehead atoms. The second kappa shape index (κ2) is 10.6. The van der Waals surface area contributed by atoms with E-state index in [2.05, 4.69) is 20.0 Å². The number of carbonyl (C=O) groups is 1. The summed E-state index contributed by atoms with van der Waals surface area (Å²) < 4.78 is 44.4. The molecule has 2 fully saturated rings. The summed E-state index contributed by atoms with van der Waals surface area (Å²) in [5.41, 5.74) is 3.39. The van der Waals surface area contributed by atoms with Crippen LogP contribution in [-0.2, 0) is 10.0 Å². The van der Waals surface area contributed by atoms with E-state index in [0.717, 1.165) is 43.0 Å². The summed E-state index contributed by atoms with van der Waals surface area (Å²) in [6, 6.07) is 14.6. The van der Waals surface area contributed by atoms with Crippen molar-refractivity contribution in [3.8, 4) is 5.69 Å². The average molecular weight is 585 g/mol. The van der Waals surface area contributed by atoms with Gasteiger partial charge in [0.15, 0.2) is 5.78 Å². The zero-order valence-electron chi connectivity index (χ0n) is 22.8. The standard InChI is InChI=1S/C31H29FN6O3S/c32-22-6-8-23(9-7-22)38-28-17-21-12-16-37(42(40,41)24-10-11-29(34-18-24)36-14-3-4-15-36)20-26(21)30(25(28)19-35-38)31(39)27-5-1-2-13-33-27/h1-2,5-11,13,17-19,26,30H,3-4,12,14-16,20H2/t26?,30-/m0/s1. The number of pyridine rings is 2. The first-order chi connectivity index (χ1) is 20.4. The van der Waals surface area contributed by atoms with Crippen LogP contribution >= 0.6 is 0 Å². The third-order valence-corrected chi connectivity index (χ3v) is 10.3. The lowest BCUT2D eigenvalue weighted by atomic mass is 9.72. The lowest BCUT2D eigenvalue weighted by Gasteiger charge is -2.39. The van der Waals surface area contributed by atoms with Crippen molar-refractivity contribution in [3.05, 3.63) is 102 Å². The number of rotatable bonds is 6. The van der Waals surface area contributed by atoms with E-state index in [1.807, 2.05) is 6.08 Å². The van der Waals surface area contributed by atoms with Gasteiger partial charge in [-0.25, -0.2) is 22.5 Å². The fraction of sp³-hybridized carbons (Fsp3) is 0.290. The summed E-state index contributed by atoms with van der Waals surface area (Å²) in [7, 11) is -3.84. The van der Waals surface area contributed by atoms with Gasteiger partial charge in [0, 0.05) is 50.1 Å². The fourth-order valence-corrected chi connectivity index (χ4v) is 7.73. The number of carbonyl (C=O) groups excluding carboxylic acids is 1. The van der Waals surface area contributed by atoms with Crippen LogP contribution < -0.4 is 4.90 Å². The SMILES string of the molecule is O=C(c1ccccn1)[C@H]1c2cnn(-c3ccc(F)cc3)c2C=C2CCN(S(=O)(=O)c3ccc(N4CCCC4)nc3)CC21. The van der Waals surface area contributed by atoms with Gasteiger partial charge < -0.3 is 4.90 Å². The van der Waals surface area contributed by atoms with Crippen LogP contribution in [0, 0.1) is 11.7 Å². The maximum absolute atomic E-state index is 14.0. The second-order valence-electron chi connectivity index (χ2n) is 10.9. The molecule has 5 heterocycles. The Bertz CT molecular complexity index is 1770. The molecular weight excluding hydrogens is 555 g/mol. The first-order valence-corrected chi connectivity index (χ1v) is 15.5. The highest BCUT2D eigenvalue weighted by Crippen LogP contribution is 2.45. The van der Waals surface area contributed by atoms with Crippen LogP contribution in [0.1, 0.15) is 46.9 Å². The minimum atomic E-state index is -3.84. The maximum Gasteiger partial charge on any atom is 0.244 e. The van der Waals surface area contributed by atoms with Crippen LogP contribution in [0.3, 0.4) is 0 Å². The van der Waals surface area contributed by atoms with E-state index in [9.17, 15) is 17.6 Å². The van der Waals surface area contributed by atoms with Crippen molar-refractivity contribution in [1.82, 2.24) is 24.1 Å². The molecule has 3 aliphatic rings. The number of fused-ring (bicyclic) bond motifs is 2. The average Bonchev–Trinajstić information content (AvgIpc) is 3.71. The van der Waals surface area contributed by atoms with Crippen molar-refractivity contribution >= 4 is 27.7 Å². The minimum Gasteiger partial charge on any atom is -0.357 e. The third kappa shape index (κ3) is 4.62. The van der Waals surface area contributed by atoms with Crippen molar-refractivity contribution in [2.75, 3.05) is 31.1 Å². The Morgan fingerprint density at radius 3 is 2.45 bits per heavy atom. The zero-order valence-corrected chi connectivity index (χ0v) is 23.6. The summed E-state index contributed by atoms with van der Waals surface area (Å²) in [4.78, 5) is 25.1. The number of halogens is 1. The number of ketones is 1. The van der Waals surface area contributed by atoms with Gasteiger partial charge in [-0.15, -0.1) is 0 Å². The van der Waals surface area contributed by atoms with Crippen molar-refractivity contribution in [1.29, 1.82) is 0 Å². The van der Waals surface area contributed by atoms with E-state index in [4.69, 9.17) is 0 Å². The molecule has 214 valence electrons. The fourth-order valence-electron chi connectivity index (χ4n) is 6.32. The molecule has 9 nitrogen and oxygen atoms in total. The van der Waals surface area contributed by atoms with Crippen LogP contribution in [0.5, 0.6) is 0 Å². The second-order valence-corrected chi connectivity index (χ2v) is 12.9. The molecule has 0 saturated carbocycles. The highest BCUT2D eigenvalue weighted by Gasteiger charge is 2.44. The van der Waals surface area contributed by atoms with Gasteiger partial charge in [-0.1, -0.05) is 11.6 Å². The van der Waals surface area contributed by atoms with Crippen molar-refractivity contribution in [2.24, 2.45) is 5.92 Å². The summed E-state index contributed by atoms with van der Waals surface area (Å²) in [6.45, 7) is 2.27. The monoisotopic (exact) mass is 584 g/mol. The van der Waals surface area contributed by atoms with Gasteiger partial charge in [0.05, 0.1) is 23.5 Å². The van der Waals surface area contributed by atoms with Crippen LogP contribution in [0.4, 0.5) is 10.2 Å². The Hall–Kier alpha value is -4.22.